The third-order valence-electron chi connectivity index (χ3n) is 5.67. The van der Waals surface area contributed by atoms with E-state index in [0.29, 0.717) is 12.3 Å². The highest BCUT2D eigenvalue weighted by Crippen LogP contribution is 2.40. The van der Waals surface area contributed by atoms with E-state index in [0.717, 1.165) is 35.1 Å². The molecule has 132 valence electrons. The second-order valence-electron chi connectivity index (χ2n) is 7.29. The van der Waals surface area contributed by atoms with E-state index in [1.165, 1.54) is 5.56 Å². The summed E-state index contributed by atoms with van der Waals surface area (Å²) in [6.07, 6.45) is 6.36. The first kappa shape index (κ1) is 17.5. The Kier molecular flexibility index (Phi) is 4.85. The van der Waals surface area contributed by atoms with Gasteiger partial charge < -0.3 is 9.47 Å². The lowest BCUT2D eigenvalue weighted by Gasteiger charge is -2.36. The van der Waals surface area contributed by atoms with Crippen molar-refractivity contribution >= 4 is 16.6 Å². The summed E-state index contributed by atoms with van der Waals surface area (Å²) in [7, 11) is 3.38. The van der Waals surface area contributed by atoms with Crippen molar-refractivity contribution in [1.29, 1.82) is 0 Å². The third kappa shape index (κ3) is 3.41. The van der Waals surface area contributed by atoms with Crippen LogP contribution in [-0.2, 0) is 11.2 Å². The number of methoxy groups -OCH3 is 2. The van der Waals surface area contributed by atoms with Gasteiger partial charge in [0, 0.05) is 17.2 Å². The van der Waals surface area contributed by atoms with E-state index >= 15 is 0 Å². The highest BCUT2D eigenvalue weighted by molar-refractivity contribution is 5.94. The number of benzene rings is 2. The van der Waals surface area contributed by atoms with Crippen LogP contribution in [0.3, 0.4) is 0 Å². The minimum atomic E-state index is 0.0270. The number of hydrogen-bond donors (Lipinski definition) is 0. The Labute approximate surface area is 149 Å². The van der Waals surface area contributed by atoms with E-state index in [1.54, 1.807) is 20.3 Å². The molecule has 3 rings (SSSR count). The van der Waals surface area contributed by atoms with E-state index in [1.807, 2.05) is 12.1 Å². The van der Waals surface area contributed by atoms with Crippen LogP contribution in [0, 0.1) is 11.3 Å². The predicted octanol–water partition coefficient (Wildman–Crippen LogP) is 4.96. The Morgan fingerprint density at radius 2 is 1.76 bits per heavy atom. The van der Waals surface area contributed by atoms with Crippen LogP contribution in [0.4, 0.5) is 0 Å². The van der Waals surface area contributed by atoms with Crippen molar-refractivity contribution in [2.45, 2.75) is 33.1 Å². The summed E-state index contributed by atoms with van der Waals surface area (Å²) < 4.78 is 11.0. The van der Waals surface area contributed by atoms with Gasteiger partial charge in [0.1, 0.15) is 11.5 Å². The van der Waals surface area contributed by atoms with E-state index in [4.69, 9.17) is 9.47 Å². The maximum absolute atomic E-state index is 11.8. The van der Waals surface area contributed by atoms with Gasteiger partial charge >= 0.3 is 0 Å². The number of allylic oxidation sites excluding steroid dienone is 2. The Hall–Kier alpha value is -2.29. The van der Waals surface area contributed by atoms with E-state index in [-0.39, 0.29) is 11.2 Å². The Balaban J connectivity index is 1.87. The number of carbonyl (C=O) groups is 1. The lowest BCUT2D eigenvalue weighted by Crippen LogP contribution is -2.30. The van der Waals surface area contributed by atoms with Crippen LogP contribution in [0.15, 0.2) is 42.5 Å². The molecule has 0 bridgehead atoms. The Morgan fingerprint density at radius 1 is 1.08 bits per heavy atom. The van der Waals surface area contributed by atoms with Gasteiger partial charge in [-0.1, -0.05) is 32.1 Å². The molecule has 0 N–H and O–H groups in total. The number of fused-ring (bicyclic) bond motifs is 1. The smallest absolute Gasteiger partial charge is 0.155 e. The van der Waals surface area contributed by atoms with E-state index < -0.39 is 0 Å². The summed E-state index contributed by atoms with van der Waals surface area (Å²) in [5.41, 5.74) is 1.29. The molecule has 1 aliphatic carbocycles. The minimum absolute atomic E-state index is 0.0270. The SMILES string of the molecule is COc1ccc(OC)c2cc(CC[C@]3(C)CC(=O)C=C[C@H]3C)ccc12. The van der Waals surface area contributed by atoms with Gasteiger partial charge in [-0.3, -0.25) is 4.79 Å². The molecule has 0 aliphatic heterocycles. The molecule has 3 heteroatoms. The summed E-state index contributed by atoms with van der Waals surface area (Å²) in [6.45, 7) is 4.43. The predicted molar refractivity (Wildman–Crippen MR) is 101 cm³/mol. The van der Waals surface area contributed by atoms with Crippen LogP contribution in [0.1, 0.15) is 32.3 Å². The van der Waals surface area contributed by atoms with E-state index in [2.05, 4.69) is 38.1 Å². The number of carbonyl (C=O) groups excluding carboxylic acids is 1. The lowest BCUT2D eigenvalue weighted by atomic mass is 9.68. The van der Waals surface area contributed by atoms with Crippen LogP contribution in [0.2, 0.25) is 0 Å². The van der Waals surface area contributed by atoms with Crippen molar-refractivity contribution in [2.24, 2.45) is 11.3 Å². The van der Waals surface area contributed by atoms with Gasteiger partial charge in [0.05, 0.1) is 14.2 Å². The molecule has 0 aromatic heterocycles. The maximum atomic E-state index is 11.8. The summed E-state index contributed by atoms with van der Waals surface area (Å²) in [5, 5.41) is 2.12. The zero-order valence-corrected chi connectivity index (χ0v) is 15.5. The largest absolute Gasteiger partial charge is 0.496 e. The molecule has 0 spiro atoms. The van der Waals surface area contributed by atoms with Gasteiger partial charge in [-0.25, -0.2) is 0 Å². The molecular formula is C22H26O3. The number of hydrogen-bond acceptors (Lipinski definition) is 3. The fourth-order valence-corrected chi connectivity index (χ4v) is 3.70. The third-order valence-corrected chi connectivity index (χ3v) is 5.67. The van der Waals surface area contributed by atoms with Crippen molar-refractivity contribution in [3.63, 3.8) is 0 Å². The van der Waals surface area contributed by atoms with Gasteiger partial charge in [-0.05, 0) is 54.0 Å². The van der Waals surface area contributed by atoms with Crippen LogP contribution in [-0.4, -0.2) is 20.0 Å². The number of rotatable bonds is 5. The van der Waals surface area contributed by atoms with Crippen LogP contribution in [0.5, 0.6) is 11.5 Å². The summed E-state index contributed by atoms with van der Waals surface area (Å²) in [6, 6.07) is 10.3. The molecule has 0 fully saturated rings. The molecule has 1 aliphatic rings. The second kappa shape index (κ2) is 6.91. The van der Waals surface area contributed by atoms with Gasteiger partial charge in [0.25, 0.3) is 0 Å². The molecule has 0 radical (unpaired) electrons. The first-order chi connectivity index (χ1) is 12.0. The highest BCUT2D eigenvalue weighted by Gasteiger charge is 2.34. The minimum Gasteiger partial charge on any atom is -0.496 e. The van der Waals surface area contributed by atoms with Gasteiger partial charge in [-0.2, -0.15) is 0 Å². The maximum Gasteiger partial charge on any atom is 0.155 e. The molecule has 2 aromatic rings. The Morgan fingerprint density at radius 3 is 2.44 bits per heavy atom. The molecule has 0 saturated heterocycles. The number of ketones is 1. The van der Waals surface area contributed by atoms with Crippen molar-refractivity contribution in [1.82, 2.24) is 0 Å². The topological polar surface area (TPSA) is 35.5 Å². The molecule has 0 saturated carbocycles. The fraction of sp³-hybridized carbons (Fsp3) is 0.409. The summed E-state index contributed by atoms with van der Waals surface area (Å²) in [5.74, 6) is 2.37. The standard InChI is InChI=1S/C22H26O3/c1-15-5-7-17(23)14-22(15,2)12-11-16-6-8-18-19(13-16)21(25-4)10-9-20(18)24-3/h5-10,13,15H,11-12,14H2,1-4H3/t15-,22-/m1/s1. The molecule has 2 atom stereocenters. The molecule has 0 heterocycles. The zero-order valence-electron chi connectivity index (χ0n) is 15.5. The highest BCUT2D eigenvalue weighted by atomic mass is 16.5. The van der Waals surface area contributed by atoms with Crippen molar-refractivity contribution in [2.75, 3.05) is 14.2 Å². The molecule has 3 nitrogen and oxygen atoms in total. The number of aryl methyl sites for hydroxylation is 1. The molecule has 25 heavy (non-hydrogen) atoms. The van der Waals surface area contributed by atoms with Gasteiger partial charge in [0.2, 0.25) is 0 Å². The van der Waals surface area contributed by atoms with Gasteiger partial charge in [-0.15, -0.1) is 0 Å². The first-order valence-corrected chi connectivity index (χ1v) is 8.81. The van der Waals surface area contributed by atoms with Crippen molar-refractivity contribution in [3.8, 4) is 11.5 Å². The second-order valence-corrected chi connectivity index (χ2v) is 7.29. The normalized spacial score (nSPS) is 23.0. The average molecular weight is 338 g/mol. The quantitative estimate of drug-likeness (QED) is 0.773. The molecular weight excluding hydrogens is 312 g/mol. The Bertz CT molecular complexity index is 821. The summed E-state index contributed by atoms with van der Waals surface area (Å²) in [4.78, 5) is 11.8. The van der Waals surface area contributed by atoms with Crippen LogP contribution >= 0.6 is 0 Å². The monoisotopic (exact) mass is 338 g/mol. The van der Waals surface area contributed by atoms with Crippen molar-refractivity contribution < 1.29 is 14.3 Å². The fourth-order valence-electron chi connectivity index (χ4n) is 3.70. The zero-order chi connectivity index (χ0) is 18.0. The van der Waals surface area contributed by atoms with Crippen LogP contribution < -0.4 is 9.47 Å². The molecule has 2 aromatic carbocycles. The van der Waals surface area contributed by atoms with Crippen molar-refractivity contribution in [3.05, 3.63) is 48.0 Å². The lowest BCUT2D eigenvalue weighted by molar-refractivity contribution is -0.118. The first-order valence-electron chi connectivity index (χ1n) is 8.81. The average Bonchev–Trinajstić information content (AvgIpc) is 2.62. The van der Waals surface area contributed by atoms with Crippen LogP contribution in [0.25, 0.3) is 10.8 Å². The number of ether oxygens (including phenoxy) is 2. The van der Waals surface area contributed by atoms with Gasteiger partial charge in [0.15, 0.2) is 5.78 Å². The summed E-state index contributed by atoms with van der Waals surface area (Å²) >= 11 is 0. The van der Waals surface area contributed by atoms with E-state index in [9.17, 15) is 4.79 Å². The molecule has 0 unspecified atom stereocenters. The molecule has 0 amide bonds.